The molecule has 0 saturated heterocycles. The molecule has 0 aromatic carbocycles. The number of guanidine groups is 1. The molecule has 1 aliphatic rings. The van der Waals surface area contributed by atoms with Crippen LogP contribution in [0.25, 0.3) is 0 Å². The molecule has 1 aromatic heterocycles. The zero-order valence-corrected chi connectivity index (χ0v) is 15.8. The fourth-order valence-electron chi connectivity index (χ4n) is 3.10. The van der Waals surface area contributed by atoms with Crippen LogP contribution in [-0.4, -0.2) is 44.4 Å². The SMILES string of the molecule is CCNC(=NCc1cccnc1OCC)NCC1(CCOC)CCC1. The van der Waals surface area contributed by atoms with E-state index >= 15 is 0 Å². The first kappa shape index (κ1) is 19.5. The van der Waals surface area contributed by atoms with Crippen LogP contribution in [0.3, 0.4) is 0 Å². The zero-order valence-electron chi connectivity index (χ0n) is 15.8. The predicted molar refractivity (Wildman–Crippen MR) is 101 cm³/mol. The summed E-state index contributed by atoms with van der Waals surface area (Å²) in [5, 5.41) is 6.84. The van der Waals surface area contributed by atoms with Crippen LogP contribution in [0.5, 0.6) is 5.88 Å². The highest BCUT2D eigenvalue weighted by molar-refractivity contribution is 5.79. The molecule has 6 heteroatoms. The molecule has 6 nitrogen and oxygen atoms in total. The molecular weight excluding hydrogens is 316 g/mol. The van der Waals surface area contributed by atoms with Crippen LogP contribution < -0.4 is 15.4 Å². The van der Waals surface area contributed by atoms with Gasteiger partial charge in [-0.05, 0) is 44.6 Å². The van der Waals surface area contributed by atoms with Crippen LogP contribution in [0.1, 0.15) is 45.1 Å². The van der Waals surface area contributed by atoms with Gasteiger partial charge < -0.3 is 20.1 Å². The average Bonchev–Trinajstić information content (AvgIpc) is 2.59. The minimum Gasteiger partial charge on any atom is -0.478 e. The number of nitrogens with one attached hydrogen (secondary N) is 2. The molecule has 1 fully saturated rings. The first-order valence-corrected chi connectivity index (χ1v) is 9.31. The number of hydrogen-bond acceptors (Lipinski definition) is 4. The predicted octanol–water partition coefficient (Wildman–Crippen LogP) is 2.74. The van der Waals surface area contributed by atoms with Crippen LogP contribution in [0.4, 0.5) is 0 Å². The lowest BCUT2D eigenvalue weighted by Crippen LogP contribution is -2.47. The van der Waals surface area contributed by atoms with Gasteiger partial charge in [-0.1, -0.05) is 12.5 Å². The molecule has 0 unspecified atom stereocenters. The van der Waals surface area contributed by atoms with Gasteiger partial charge >= 0.3 is 0 Å². The molecule has 25 heavy (non-hydrogen) atoms. The van der Waals surface area contributed by atoms with Gasteiger partial charge in [0.2, 0.25) is 5.88 Å². The highest BCUT2D eigenvalue weighted by atomic mass is 16.5. The Morgan fingerprint density at radius 3 is 2.80 bits per heavy atom. The first-order chi connectivity index (χ1) is 12.2. The molecule has 2 rings (SSSR count). The number of methoxy groups -OCH3 is 1. The second kappa shape index (κ2) is 10.2. The van der Waals surface area contributed by atoms with E-state index in [1.54, 1.807) is 13.3 Å². The average molecular weight is 348 g/mol. The van der Waals surface area contributed by atoms with Gasteiger partial charge in [0.1, 0.15) is 0 Å². The Morgan fingerprint density at radius 1 is 1.32 bits per heavy atom. The van der Waals surface area contributed by atoms with Crippen LogP contribution >= 0.6 is 0 Å². The van der Waals surface area contributed by atoms with Crippen molar-refractivity contribution in [1.82, 2.24) is 15.6 Å². The third kappa shape index (κ3) is 5.88. The smallest absolute Gasteiger partial charge is 0.218 e. The van der Waals surface area contributed by atoms with Crippen molar-refractivity contribution in [2.45, 2.75) is 46.1 Å². The van der Waals surface area contributed by atoms with E-state index in [9.17, 15) is 0 Å². The number of hydrogen-bond donors (Lipinski definition) is 2. The molecular formula is C19H32N4O2. The molecule has 1 heterocycles. The topological polar surface area (TPSA) is 67.8 Å². The van der Waals surface area contributed by atoms with E-state index in [4.69, 9.17) is 14.5 Å². The standard InChI is InChI=1S/C19H32N4O2/c1-4-20-18(23-15-19(9-7-10-19)11-13-24-3)22-14-16-8-6-12-21-17(16)25-5-2/h6,8,12H,4-5,7,9-11,13-15H2,1-3H3,(H2,20,22,23). The fourth-order valence-corrected chi connectivity index (χ4v) is 3.10. The minimum atomic E-state index is 0.358. The summed E-state index contributed by atoms with van der Waals surface area (Å²) in [5.41, 5.74) is 1.36. The Kier molecular flexibility index (Phi) is 7.98. The quantitative estimate of drug-likeness (QED) is 0.503. The first-order valence-electron chi connectivity index (χ1n) is 9.31. The largest absolute Gasteiger partial charge is 0.478 e. The van der Waals surface area contributed by atoms with Gasteiger partial charge in [-0.3, -0.25) is 0 Å². The number of aromatic nitrogens is 1. The van der Waals surface area contributed by atoms with E-state index in [0.717, 1.165) is 37.6 Å². The molecule has 0 atom stereocenters. The van der Waals surface area contributed by atoms with E-state index < -0.39 is 0 Å². The summed E-state index contributed by atoms with van der Waals surface area (Å²) in [6.45, 7) is 7.79. The Bertz CT molecular complexity index is 544. The molecule has 1 saturated carbocycles. The fraction of sp³-hybridized carbons (Fsp3) is 0.684. The van der Waals surface area contributed by atoms with Crippen molar-refractivity contribution in [1.29, 1.82) is 0 Å². The summed E-state index contributed by atoms with van der Waals surface area (Å²) < 4.78 is 10.9. The summed E-state index contributed by atoms with van der Waals surface area (Å²) >= 11 is 0. The van der Waals surface area contributed by atoms with Crippen molar-refractivity contribution >= 4 is 5.96 Å². The van der Waals surface area contributed by atoms with Gasteiger partial charge in [0, 0.05) is 38.6 Å². The van der Waals surface area contributed by atoms with E-state index in [2.05, 4.69) is 22.5 Å². The van der Waals surface area contributed by atoms with Crippen molar-refractivity contribution in [3.8, 4) is 5.88 Å². The van der Waals surface area contributed by atoms with E-state index in [-0.39, 0.29) is 0 Å². The maximum absolute atomic E-state index is 5.58. The van der Waals surface area contributed by atoms with Crippen molar-refractivity contribution in [3.63, 3.8) is 0 Å². The second-order valence-corrected chi connectivity index (χ2v) is 6.55. The summed E-state index contributed by atoms with van der Waals surface area (Å²) in [4.78, 5) is 9.00. The number of pyridine rings is 1. The summed E-state index contributed by atoms with van der Waals surface area (Å²) in [6, 6.07) is 3.93. The summed E-state index contributed by atoms with van der Waals surface area (Å²) in [6.07, 6.45) is 6.69. The lowest BCUT2D eigenvalue weighted by atomic mass is 9.67. The normalized spacial score (nSPS) is 16.2. The van der Waals surface area contributed by atoms with Gasteiger partial charge in [0.25, 0.3) is 0 Å². The van der Waals surface area contributed by atoms with E-state index in [0.29, 0.717) is 24.4 Å². The molecule has 0 radical (unpaired) electrons. The Morgan fingerprint density at radius 2 is 2.16 bits per heavy atom. The van der Waals surface area contributed by atoms with Gasteiger partial charge in [0.15, 0.2) is 5.96 Å². The third-order valence-electron chi connectivity index (χ3n) is 4.76. The lowest BCUT2D eigenvalue weighted by molar-refractivity contribution is 0.0732. The van der Waals surface area contributed by atoms with Crippen molar-refractivity contribution in [2.75, 3.05) is 33.4 Å². The Balaban J connectivity index is 1.96. The van der Waals surface area contributed by atoms with Crippen molar-refractivity contribution in [3.05, 3.63) is 23.9 Å². The van der Waals surface area contributed by atoms with Gasteiger partial charge in [-0.15, -0.1) is 0 Å². The molecule has 0 spiro atoms. The highest BCUT2D eigenvalue weighted by Crippen LogP contribution is 2.43. The van der Waals surface area contributed by atoms with Gasteiger partial charge in [-0.25, -0.2) is 9.98 Å². The number of aliphatic imine (C=N–C) groups is 1. The van der Waals surface area contributed by atoms with Gasteiger partial charge in [0.05, 0.1) is 13.2 Å². The van der Waals surface area contributed by atoms with Crippen LogP contribution in [0.15, 0.2) is 23.3 Å². The van der Waals surface area contributed by atoms with Crippen LogP contribution in [0, 0.1) is 5.41 Å². The molecule has 140 valence electrons. The zero-order chi connectivity index (χ0) is 18.0. The second-order valence-electron chi connectivity index (χ2n) is 6.55. The van der Waals surface area contributed by atoms with Gasteiger partial charge in [-0.2, -0.15) is 0 Å². The summed E-state index contributed by atoms with van der Waals surface area (Å²) in [5.74, 6) is 1.51. The molecule has 2 N–H and O–H groups in total. The van der Waals surface area contributed by atoms with Crippen LogP contribution in [0.2, 0.25) is 0 Å². The molecule has 1 aliphatic carbocycles. The van der Waals surface area contributed by atoms with Crippen molar-refractivity contribution < 1.29 is 9.47 Å². The Hall–Kier alpha value is -1.82. The molecule has 1 aromatic rings. The van der Waals surface area contributed by atoms with E-state index in [1.165, 1.54) is 19.3 Å². The maximum Gasteiger partial charge on any atom is 0.218 e. The third-order valence-corrected chi connectivity index (χ3v) is 4.76. The van der Waals surface area contributed by atoms with E-state index in [1.807, 2.05) is 19.1 Å². The minimum absolute atomic E-state index is 0.358. The number of nitrogens with zero attached hydrogens (tertiary/aromatic N) is 2. The highest BCUT2D eigenvalue weighted by Gasteiger charge is 2.36. The molecule has 0 bridgehead atoms. The summed E-state index contributed by atoms with van der Waals surface area (Å²) in [7, 11) is 1.77. The molecule has 0 aliphatic heterocycles. The number of ether oxygens (including phenoxy) is 2. The lowest BCUT2D eigenvalue weighted by Gasteiger charge is -2.42. The maximum atomic E-state index is 5.58. The van der Waals surface area contributed by atoms with Crippen molar-refractivity contribution in [2.24, 2.45) is 10.4 Å². The molecule has 0 amide bonds. The number of rotatable bonds is 10. The Labute approximate surface area is 151 Å². The monoisotopic (exact) mass is 348 g/mol. The van der Waals surface area contributed by atoms with Crippen LogP contribution in [-0.2, 0) is 11.3 Å².